The lowest BCUT2D eigenvalue weighted by molar-refractivity contribution is -0.135. The van der Waals surface area contributed by atoms with E-state index in [1.807, 2.05) is 25.1 Å². The Balaban J connectivity index is 2.94. The summed E-state index contributed by atoms with van der Waals surface area (Å²) in [5.74, 6) is -0.929. The third-order valence-corrected chi connectivity index (χ3v) is 2.40. The van der Waals surface area contributed by atoms with E-state index in [0.29, 0.717) is 24.3 Å². The molecule has 0 amide bonds. The minimum Gasteiger partial charge on any atom is -0.480 e. The van der Waals surface area contributed by atoms with Crippen molar-refractivity contribution >= 4 is 11.7 Å². The molecule has 6 nitrogen and oxygen atoms in total. The first-order valence-corrected chi connectivity index (χ1v) is 5.50. The highest BCUT2D eigenvalue weighted by molar-refractivity contribution is 5.74. The van der Waals surface area contributed by atoms with Crippen LogP contribution in [0.5, 0.6) is 0 Å². The van der Waals surface area contributed by atoms with Gasteiger partial charge in [-0.3, -0.25) is 9.78 Å². The summed E-state index contributed by atoms with van der Waals surface area (Å²) >= 11 is 0. The van der Waals surface area contributed by atoms with Gasteiger partial charge in [0.25, 0.3) is 0 Å². The van der Waals surface area contributed by atoms with Gasteiger partial charge >= 0.3 is 5.97 Å². The molecule has 0 aliphatic rings. The zero-order chi connectivity index (χ0) is 13.5. The van der Waals surface area contributed by atoms with Crippen LogP contribution in [0.15, 0.2) is 18.5 Å². The second-order valence-electron chi connectivity index (χ2n) is 4.12. The molecule has 0 radical (unpaired) electrons. The van der Waals surface area contributed by atoms with E-state index >= 15 is 0 Å². The third kappa shape index (κ3) is 4.03. The summed E-state index contributed by atoms with van der Waals surface area (Å²) in [6.07, 6.45) is 3.05. The van der Waals surface area contributed by atoms with Gasteiger partial charge in [-0.05, 0) is 20.2 Å². The normalized spacial score (nSPS) is 10.1. The Hall–Kier alpha value is -2.13. The molecule has 0 saturated carbocycles. The van der Waals surface area contributed by atoms with E-state index in [-0.39, 0.29) is 6.54 Å². The van der Waals surface area contributed by atoms with Gasteiger partial charge in [0.05, 0.1) is 17.4 Å². The van der Waals surface area contributed by atoms with Crippen LogP contribution in [0.2, 0.25) is 0 Å². The molecule has 96 valence electrons. The van der Waals surface area contributed by atoms with Crippen molar-refractivity contribution in [2.24, 2.45) is 0 Å². The summed E-state index contributed by atoms with van der Waals surface area (Å²) in [5, 5.41) is 17.9. The Morgan fingerprint density at radius 1 is 1.50 bits per heavy atom. The fourth-order valence-electron chi connectivity index (χ4n) is 1.50. The van der Waals surface area contributed by atoms with E-state index in [1.165, 1.54) is 12.4 Å². The number of nitriles is 1. The summed E-state index contributed by atoms with van der Waals surface area (Å²) < 4.78 is 0. The molecule has 6 heteroatoms. The first-order valence-electron chi connectivity index (χ1n) is 5.50. The summed E-state index contributed by atoms with van der Waals surface area (Å²) in [4.78, 5) is 18.4. The number of carbonyl (C=O) groups is 1. The van der Waals surface area contributed by atoms with Crippen LogP contribution in [-0.2, 0) is 4.79 Å². The molecular formula is C12H16N4O2. The molecule has 1 aromatic rings. The van der Waals surface area contributed by atoms with Crippen LogP contribution in [-0.4, -0.2) is 54.7 Å². The Kier molecular flexibility index (Phi) is 5.08. The van der Waals surface area contributed by atoms with Gasteiger partial charge in [-0.25, -0.2) is 0 Å². The van der Waals surface area contributed by atoms with Gasteiger partial charge in [-0.2, -0.15) is 5.26 Å². The van der Waals surface area contributed by atoms with E-state index in [9.17, 15) is 4.79 Å². The average Bonchev–Trinajstić information content (AvgIpc) is 2.33. The zero-order valence-electron chi connectivity index (χ0n) is 10.5. The molecule has 0 spiro atoms. The Morgan fingerprint density at radius 2 is 2.22 bits per heavy atom. The Bertz CT molecular complexity index is 454. The molecule has 0 atom stereocenters. The summed E-state index contributed by atoms with van der Waals surface area (Å²) in [6, 6.07) is 3.63. The molecule has 0 unspecified atom stereocenters. The van der Waals surface area contributed by atoms with Crippen LogP contribution < -0.4 is 4.90 Å². The molecule has 1 rings (SSSR count). The average molecular weight is 248 g/mol. The van der Waals surface area contributed by atoms with Gasteiger partial charge in [0, 0.05) is 19.3 Å². The fraction of sp³-hybridized carbons (Fsp3) is 0.417. The van der Waals surface area contributed by atoms with E-state index in [1.54, 1.807) is 11.0 Å². The van der Waals surface area contributed by atoms with Crippen LogP contribution in [0, 0.1) is 11.3 Å². The molecule has 0 aliphatic carbocycles. The molecule has 0 bridgehead atoms. The third-order valence-electron chi connectivity index (χ3n) is 2.40. The molecule has 18 heavy (non-hydrogen) atoms. The lowest BCUT2D eigenvalue weighted by Crippen LogP contribution is -2.36. The van der Waals surface area contributed by atoms with Crippen molar-refractivity contribution in [2.45, 2.75) is 0 Å². The van der Waals surface area contributed by atoms with Gasteiger partial charge in [0.15, 0.2) is 0 Å². The first-order chi connectivity index (χ1) is 8.54. The Morgan fingerprint density at radius 3 is 2.78 bits per heavy atom. The molecular weight excluding hydrogens is 232 g/mol. The molecule has 0 aliphatic heterocycles. The van der Waals surface area contributed by atoms with E-state index in [4.69, 9.17) is 10.4 Å². The number of nitrogens with zero attached hydrogens (tertiary/aromatic N) is 4. The highest BCUT2D eigenvalue weighted by Crippen LogP contribution is 2.17. The lowest BCUT2D eigenvalue weighted by Gasteiger charge is -2.24. The first kappa shape index (κ1) is 13.9. The monoisotopic (exact) mass is 248 g/mol. The maximum Gasteiger partial charge on any atom is 0.323 e. The van der Waals surface area contributed by atoms with Gasteiger partial charge in [0.1, 0.15) is 12.6 Å². The maximum absolute atomic E-state index is 10.9. The van der Waals surface area contributed by atoms with Gasteiger partial charge < -0.3 is 14.9 Å². The standard InChI is InChI=1S/C12H16N4O2/c1-15(2)5-6-16(9-12(17)18)11-8-14-4-3-10(11)7-13/h3-4,8H,5-6,9H2,1-2H3,(H,17,18). The summed E-state index contributed by atoms with van der Waals surface area (Å²) in [7, 11) is 3.82. The molecule has 0 aromatic carbocycles. The van der Waals surface area contributed by atoms with Crippen LogP contribution in [0.3, 0.4) is 0 Å². The number of carboxylic acid groups (broad SMARTS) is 1. The van der Waals surface area contributed by atoms with Crippen molar-refractivity contribution in [3.8, 4) is 6.07 Å². The van der Waals surface area contributed by atoms with Crippen molar-refractivity contribution in [1.29, 1.82) is 5.26 Å². The predicted molar refractivity (Wildman–Crippen MR) is 67.4 cm³/mol. The Labute approximate surface area is 106 Å². The number of likely N-dealkylation sites (N-methyl/N-ethyl adjacent to an activating group) is 1. The molecule has 1 heterocycles. The molecule has 0 saturated heterocycles. The summed E-state index contributed by atoms with van der Waals surface area (Å²) in [6.45, 7) is 1.08. The second-order valence-corrected chi connectivity index (χ2v) is 4.12. The van der Waals surface area contributed by atoms with Gasteiger partial charge in [-0.15, -0.1) is 0 Å². The van der Waals surface area contributed by atoms with Gasteiger partial charge in [0.2, 0.25) is 0 Å². The number of hydrogen-bond acceptors (Lipinski definition) is 5. The van der Waals surface area contributed by atoms with Crippen molar-refractivity contribution in [1.82, 2.24) is 9.88 Å². The fourth-order valence-corrected chi connectivity index (χ4v) is 1.50. The zero-order valence-corrected chi connectivity index (χ0v) is 10.5. The molecule has 1 aromatic heterocycles. The number of rotatable bonds is 6. The SMILES string of the molecule is CN(C)CCN(CC(=O)O)c1cnccc1C#N. The van der Waals surface area contributed by atoms with E-state index < -0.39 is 5.97 Å². The topological polar surface area (TPSA) is 80.5 Å². The summed E-state index contributed by atoms with van der Waals surface area (Å²) in [5.41, 5.74) is 0.995. The number of hydrogen-bond donors (Lipinski definition) is 1. The van der Waals surface area contributed by atoms with Crippen molar-refractivity contribution < 1.29 is 9.90 Å². The highest BCUT2D eigenvalue weighted by Gasteiger charge is 2.14. The van der Waals surface area contributed by atoms with E-state index in [2.05, 4.69) is 4.98 Å². The van der Waals surface area contributed by atoms with Crippen molar-refractivity contribution in [3.05, 3.63) is 24.0 Å². The smallest absolute Gasteiger partial charge is 0.323 e. The maximum atomic E-state index is 10.9. The molecule has 0 fully saturated rings. The number of pyridine rings is 1. The van der Waals surface area contributed by atoms with Crippen LogP contribution in [0.25, 0.3) is 0 Å². The van der Waals surface area contributed by atoms with Crippen LogP contribution in [0.4, 0.5) is 5.69 Å². The van der Waals surface area contributed by atoms with E-state index in [0.717, 1.165) is 0 Å². The highest BCUT2D eigenvalue weighted by atomic mass is 16.4. The van der Waals surface area contributed by atoms with Crippen molar-refractivity contribution in [2.75, 3.05) is 38.6 Å². The largest absolute Gasteiger partial charge is 0.480 e. The second kappa shape index (κ2) is 6.57. The number of aliphatic carboxylic acids is 1. The minimum absolute atomic E-state index is 0.145. The number of carboxylic acids is 1. The lowest BCUT2D eigenvalue weighted by atomic mass is 10.2. The number of aromatic nitrogens is 1. The van der Waals surface area contributed by atoms with Crippen LogP contribution >= 0.6 is 0 Å². The molecule has 1 N–H and O–H groups in total. The van der Waals surface area contributed by atoms with Crippen molar-refractivity contribution in [3.63, 3.8) is 0 Å². The van der Waals surface area contributed by atoms with Crippen LogP contribution in [0.1, 0.15) is 5.56 Å². The number of anilines is 1. The minimum atomic E-state index is -0.929. The quantitative estimate of drug-likeness (QED) is 0.785. The van der Waals surface area contributed by atoms with Gasteiger partial charge in [-0.1, -0.05) is 0 Å². The predicted octanol–water partition coefficient (Wildman–Crippen LogP) is 0.406.